The lowest BCUT2D eigenvalue weighted by Crippen LogP contribution is -2.24. The Morgan fingerprint density at radius 1 is 0.906 bits per heavy atom. The molecule has 0 saturated heterocycles. The minimum atomic E-state index is -0.384. The molecule has 5 rings (SSSR count). The molecule has 5 aromatic rings. The van der Waals surface area contributed by atoms with Crippen LogP contribution >= 0.6 is 11.8 Å². The van der Waals surface area contributed by atoms with E-state index in [0.717, 1.165) is 5.56 Å². The van der Waals surface area contributed by atoms with Crippen LogP contribution in [0.4, 0.5) is 5.69 Å². The molecule has 3 aromatic carbocycles. The molecule has 0 bridgehead atoms. The van der Waals surface area contributed by atoms with E-state index in [-0.39, 0.29) is 16.2 Å². The number of nitro groups is 1. The molecule has 0 atom stereocenters. The van der Waals surface area contributed by atoms with Crippen LogP contribution in [0.1, 0.15) is 11.1 Å². The Balaban J connectivity index is 1.63. The van der Waals surface area contributed by atoms with Gasteiger partial charge < -0.3 is 0 Å². The molecule has 0 aliphatic carbocycles. The van der Waals surface area contributed by atoms with Crippen molar-refractivity contribution in [2.24, 2.45) is 0 Å². The minimum Gasteiger partial charge on any atom is -0.272 e. The van der Waals surface area contributed by atoms with Crippen molar-refractivity contribution in [3.63, 3.8) is 0 Å². The molecular weight excluding hydrogens is 426 g/mol. The Kier molecular flexibility index (Phi) is 5.16. The molecule has 0 N–H and O–H groups in total. The second kappa shape index (κ2) is 8.27. The summed E-state index contributed by atoms with van der Waals surface area (Å²) in [5.41, 5.74) is 2.20. The summed E-state index contributed by atoms with van der Waals surface area (Å²) in [6, 6.07) is 23.7. The Labute approximate surface area is 186 Å². The quantitative estimate of drug-likeness (QED) is 0.221. The number of nitro benzene ring substituents is 1. The first-order chi connectivity index (χ1) is 15.6. The summed E-state index contributed by atoms with van der Waals surface area (Å²) < 4.78 is 3.46. The summed E-state index contributed by atoms with van der Waals surface area (Å²) in [6.45, 7) is 0.362. The van der Waals surface area contributed by atoms with Gasteiger partial charge in [0.15, 0.2) is 5.16 Å². The van der Waals surface area contributed by atoms with Crippen molar-refractivity contribution in [2.75, 3.05) is 0 Å². The largest absolute Gasteiger partial charge is 0.273 e. The van der Waals surface area contributed by atoms with Gasteiger partial charge in [-0.25, -0.2) is 0 Å². The lowest BCUT2D eigenvalue weighted by molar-refractivity contribution is -0.385. The fourth-order valence-corrected chi connectivity index (χ4v) is 4.63. The number of hydrogen-bond acceptors (Lipinski definition) is 6. The van der Waals surface area contributed by atoms with Gasteiger partial charge in [0.2, 0.25) is 5.78 Å². The van der Waals surface area contributed by atoms with Crippen molar-refractivity contribution in [1.29, 1.82) is 0 Å². The highest BCUT2D eigenvalue weighted by Gasteiger charge is 2.19. The Hall–Kier alpha value is -3.98. The molecular formula is C23H17N5O3S. The van der Waals surface area contributed by atoms with Gasteiger partial charge in [0.25, 0.3) is 11.2 Å². The first-order valence-electron chi connectivity index (χ1n) is 9.89. The lowest BCUT2D eigenvalue weighted by atomic mass is 10.2. The number of para-hydroxylation sites is 2. The fourth-order valence-electron chi connectivity index (χ4n) is 3.69. The van der Waals surface area contributed by atoms with Crippen molar-refractivity contribution < 1.29 is 4.92 Å². The smallest absolute Gasteiger partial charge is 0.272 e. The Bertz CT molecular complexity index is 1510. The van der Waals surface area contributed by atoms with Crippen molar-refractivity contribution in [3.8, 4) is 0 Å². The molecule has 0 aliphatic heterocycles. The van der Waals surface area contributed by atoms with Gasteiger partial charge in [-0.15, -0.1) is 10.2 Å². The molecule has 8 nitrogen and oxygen atoms in total. The molecule has 0 radical (unpaired) electrons. The van der Waals surface area contributed by atoms with Gasteiger partial charge >= 0.3 is 0 Å². The van der Waals surface area contributed by atoms with Gasteiger partial charge in [-0.1, -0.05) is 72.4 Å². The normalized spacial score (nSPS) is 11.2. The van der Waals surface area contributed by atoms with Crippen molar-refractivity contribution in [2.45, 2.75) is 17.5 Å². The van der Waals surface area contributed by atoms with E-state index in [1.54, 1.807) is 28.8 Å². The first-order valence-corrected chi connectivity index (χ1v) is 10.9. The number of nitrogens with zero attached hydrogens (tertiary/aromatic N) is 5. The topological polar surface area (TPSA) is 95.3 Å². The number of hydrogen-bond donors (Lipinski definition) is 0. The average molecular weight is 443 g/mol. The average Bonchev–Trinajstić information content (AvgIpc) is 3.25. The number of aromatic nitrogens is 4. The molecule has 0 saturated carbocycles. The predicted octanol–water partition coefficient (Wildman–Crippen LogP) is 4.29. The summed E-state index contributed by atoms with van der Waals surface area (Å²) in [7, 11) is 0. The predicted molar refractivity (Wildman–Crippen MR) is 123 cm³/mol. The van der Waals surface area contributed by atoms with E-state index in [4.69, 9.17) is 0 Å². The van der Waals surface area contributed by atoms with Crippen LogP contribution in [0.2, 0.25) is 0 Å². The van der Waals surface area contributed by atoms with Crippen molar-refractivity contribution in [3.05, 3.63) is 110 Å². The van der Waals surface area contributed by atoms with Gasteiger partial charge in [-0.05, 0) is 17.7 Å². The van der Waals surface area contributed by atoms with Gasteiger partial charge in [0.05, 0.1) is 22.4 Å². The first kappa shape index (κ1) is 20.0. The zero-order chi connectivity index (χ0) is 22.1. The van der Waals surface area contributed by atoms with Crippen LogP contribution in [-0.4, -0.2) is 24.1 Å². The summed E-state index contributed by atoms with van der Waals surface area (Å²) >= 11 is 1.35. The number of benzene rings is 3. The fraction of sp³-hybridized carbons (Fsp3) is 0.0870. The van der Waals surface area contributed by atoms with Crippen LogP contribution in [0.5, 0.6) is 0 Å². The summed E-state index contributed by atoms with van der Waals surface area (Å²) in [5.74, 6) is 0.784. The molecule has 0 spiro atoms. The van der Waals surface area contributed by atoms with E-state index in [0.29, 0.717) is 39.7 Å². The van der Waals surface area contributed by atoms with E-state index in [2.05, 4.69) is 10.2 Å². The molecule has 9 heteroatoms. The maximum absolute atomic E-state index is 13.3. The van der Waals surface area contributed by atoms with Crippen molar-refractivity contribution >= 4 is 34.1 Å². The van der Waals surface area contributed by atoms with E-state index in [1.165, 1.54) is 17.8 Å². The van der Waals surface area contributed by atoms with Crippen LogP contribution in [0.15, 0.2) is 88.8 Å². The summed E-state index contributed by atoms with van der Waals surface area (Å²) in [4.78, 5) is 24.2. The molecule has 2 heterocycles. The molecule has 158 valence electrons. The maximum Gasteiger partial charge on any atom is 0.273 e. The van der Waals surface area contributed by atoms with Gasteiger partial charge in [-0.2, -0.15) is 0 Å². The van der Waals surface area contributed by atoms with Crippen LogP contribution in [0, 0.1) is 10.1 Å². The maximum atomic E-state index is 13.3. The lowest BCUT2D eigenvalue weighted by Gasteiger charge is -2.11. The third-order valence-corrected chi connectivity index (χ3v) is 6.18. The number of thioether (sulfide) groups is 1. The second-order valence-electron chi connectivity index (χ2n) is 7.19. The third-order valence-electron chi connectivity index (χ3n) is 5.21. The van der Waals surface area contributed by atoms with Crippen LogP contribution < -0.4 is 5.56 Å². The van der Waals surface area contributed by atoms with Crippen LogP contribution in [0.3, 0.4) is 0 Å². The zero-order valence-corrected chi connectivity index (χ0v) is 17.6. The SMILES string of the molecule is O=c1c2ccccc2n2c(SCc3ccccc3[N+](=O)[O-])nnc2n1Cc1ccccc1. The standard InChI is InChI=1S/C23H17N5O3S/c29-21-18-11-5-7-13-20(18)27-22(26(21)14-16-8-2-1-3-9-16)24-25-23(27)32-15-17-10-4-6-12-19(17)28(30)31/h1-13H,14-15H2. The van der Waals surface area contributed by atoms with Crippen molar-refractivity contribution in [1.82, 2.24) is 19.2 Å². The van der Waals surface area contributed by atoms with E-state index in [1.807, 2.05) is 52.9 Å². The minimum absolute atomic E-state index is 0.0691. The van der Waals surface area contributed by atoms with Gasteiger partial charge in [0, 0.05) is 17.4 Å². The van der Waals surface area contributed by atoms with Crippen LogP contribution in [-0.2, 0) is 12.3 Å². The van der Waals surface area contributed by atoms with Crippen LogP contribution in [0.25, 0.3) is 16.7 Å². The molecule has 0 unspecified atom stereocenters. The Morgan fingerprint density at radius 2 is 1.62 bits per heavy atom. The molecule has 0 fully saturated rings. The van der Waals surface area contributed by atoms with E-state index < -0.39 is 0 Å². The Morgan fingerprint density at radius 3 is 2.44 bits per heavy atom. The second-order valence-corrected chi connectivity index (χ2v) is 8.13. The monoisotopic (exact) mass is 443 g/mol. The van der Waals surface area contributed by atoms with Gasteiger partial charge in [0.1, 0.15) is 0 Å². The highest BCUT2D eigenvalue weighted by atomic mass is 32.2. The van der Waals surface area contributed by atoms with E-state index in [9.17, 15) is 14.9 Å². The number of fused-ring (bicyclic) bond motifs is 3. The highest BCUT2D eigenvalue weighted by molar-refractivity contribution is 7.98. The summed E-state index contributed by atoms with van der Waals surface area (Å²) in [6.07, 6.45) is 0. The highest BCUT2D eigenvalue weighted by Crippen LogP contribution is 2.28. The van der Waals surface area contributed by atoms with Gasteiger partial charge in [-0.3, -0.25) is 23.9 Å². The molecule has 2 aromatic heterocycles. The number of rotatable bonds is 6. The summed E-state index contributed by atoms with van der Waals surface area (Å²) in [5, 5.41) is 21.1. The third kappa shape index (κ3) is 3.52. The molecule has 0 amide bonds. The zero-order valence-electron chi connectivity index (χ0n) is 16.8. The molecule has 32 heavy (non-hydrogen) atoms. The molecule has 0 aliphatic rings. The van der Waals surface area contributed by atoms with E-state index >= 15 is 0 Å².